The van der Waals surface area contributed by atoms with Gasteiger partial charge in [0.25, 0.3) is 0 Å². The summed E-state index contributed by atoms with van der Waals surface area (Å²) in [5.41, 5.74) is 3.22. The van der Waals surface area contributed by atoms with Gasteiger partial charge in [-0.15, -0.1) is 0 Å². The first-order chi connectivity index (χ1) is 12.1. The highest BCUT2D eigenvalue weighted by Gasteiger charge is 2.09. The monoisotopic (exact) mass is 461 g/mol. The highest BCUT2D eigenvalue weighted by Crippen LogP contribution is 2.28. The Labute approximate surface area is 170 Å². The number of hydrogen-bond acceptors (Lipinski definition) is 3. The van der Waals surface area contributed by atoms with Gasteiger partial charge in [-0.25, -0.2) is 0 Å². The SMILES string of the molecule is COc1cc(C=Cc2ccc3ccccc3[n+]2C)ccc1OC(C)=O.[I-]. The van der Waals surface area contributed by atoms with Gasteiger partial charge in [0.05, 0.1) is 7.11 Å². The standard InChI is InChI=1S/C21H20NO3.HI/c1-15(23)25-20-13-9-16(14-21(20)24-3)8-11-18-12-10-17-6-4-5-7-19(17)22(18)2;/h4-14H,1-3H3;1H/q+1;/p-1. The Balaban J connectivity index is 0.00000243. The molecule has 0 saturated heterocycles. The Hall–Kier alpha value is -2.41. The van der Waals surface area contributed by atoms with Crippen molar-refractivity contribution in [1.82, 2.24) is 0 Å². The summed E-state index contributed by atoms with van der Waals surface area (Å²) >= 11 is 0. The van der Waals surface area contributed by atoms with E-state index in [1.165, 1.54) is 17.8 Å². The summed E-state index contributed by atoms with van der Waals surface area (Å²) in [6.45, 7) is 1.37. The molecule has 2 aromatic carbocycles. The van der Waals surface area contributed by atoms with Crippen LogP contribution in [0, 0.1) is 0 Å². The van der Waals surface area contributed by atoms with E-state index in [0.29, 0.717) is 11.5 Å². The van der Waals surface area contributed by atoms with E-state index in [4.69, 9.17) is 9.47 Å². The van der Waals surface area contributed by atoms with E-state index in [1.807, 2.05) is 43.5 Å². The number of benzene rings is 2. The van der Waals surface area contributed by atoms with Crippen molar-refractivity contribution in [3.8, 4) is 11.5 Å². The Morgan fingerprint density at radius 2 is 1.77 bits per heavy atom. The number of pyridine rings is 1. The number of carbonyl (C=O) groups is 1. The number of esters is 1. The zero-order chi connectivity index (χ0) is 17.8. The van der Waals surface area contributed by atoms with Crippen molar-refractivity contribution in [2.45, 2.75) is 6.92 Å². The number of nitrogens with zero attached hydrogens (tertiary/aromatic N) is 1. The van der Waals surface area contributed by atoms with Crippen LogP contribution in [0.15, 0.2) is 54.6 Å². The second-order valence-electron chi connectivity index (χ2n) is 5.71. The predicted molar refractivity (Wildman–Crippen MR) is 98.4 cm³/mol. The summed E-state index contributed by atoms with van der Waals surface area (Å²) in [4.78, 5) is 11.1. The lowest BCUT2D eigenvalue weighted by atomic mass is 10.1. The zero-order valence-corrected chi connectivity index (χ0v) is 17.1. The molecule has 0 aliphatic heterocycles. The fraction of sp³-hybridized carbons (Fsp3) is 0.143. The number of aromatic nitrogens is 1. The van der Waals surface area contributed by atoms with Crippen LogP contribution in [0.5, 0.6) is 11.5 Å². The van der Waals surface area contributed by atoms with E-state index in [1.54, 1.807) is 13.2 Å². The van der Waals surface area contributed by atoms with E-state index in [-0.39, 0.29) is 29.9 Å². The highest BCUT2D eigenvalue weighted by atomic mass is 127. The Kier molecular flexibility index (Phi) is 6.74. The summed E-state index contributed by atoms with van der Waals surface area (Å²) in [5.74, 6) is 0.577. The van der Waals surface area contributed by atoms with E-state index in [9.17, 15) is 4.79 Å². The van der Waals surface area contributed by atoms with Crippen LogP contribution >= 0.6 is 0 Å². The van der Waals surface area contributed by atoms with Gasteiger partial charge in [-0.3, -0.25) is 4.79 Å². The molecular weight excluding hydrogens is 441 g/mol. The quantitative estimate of drug-likeness (QED) is 0.250. The Morgan fingerprint density at radius 3 is 2.50 bits per heavy atom. The summed E-state index contributed by atoms with van der Waals surface area (Å²) in [5, 5.41) is 1.20. The number of ether oxygens (including phenoxy) is 2. The summed E-state index contributed by atoms with van der Waals surface area (Å²) in [6.07, 6.45) is 4.05. The largest absolute Gasteiger partial charge is 1.00 e. The first-order valence-corrected chi connectivity index (χ1v) is 8.01. The number of halogens is 1. The van der Waals surface area contributed by atoms with Crippen LogP contribution in [0.3, 0.4) is 0 Å². The van der Waals surface area contributed by atoms with E-state index < -0.39 is 0 Å². The molecule has 0 saturated carbocycles. The lowest BCUT2D eigenvalue weighted by molar-refractivity contribution is -0.646. The first-order valence-electron chi connectivity index (χ1n) is 8.01. The van der Waals surface area contributed by atoms with Gasteiger partial charge in [-0.2, -0.15) is 4.57 Å². The third-order valence-corrected chi connectivity index (χ3v) is 4.01. The van der Waals surface area contributed by atoms with Gasteiger partial charge in [0, 0.05) is 30.5 Å². The minimum absolute atomic E-state index is 0. The molecule has 134 valence electrons. The average molecular weight is 461 g/mol. The molecule has 0 atom stereocenters. The summed E-state index contributed by atoms with van der Waals surface area (Å²) in [6, 6.07) is 17.9. The molecular formula is C21H20INO3. The number of aryl methyl sites for hydroxylation is 1. The molecule has 1 aromatic heterocycles. The minimum Gasteiger partial charge on any atom is -1.00 e. The number of hydrogen-bond donors (Lipinski definition) is 0. The molecule has 0 spiro atoms. The van der Waals surface area contributed by atoms with Crippen LogP contribution in [0.2, 0.25) is 0 Å². The average Bonchev–Trinajstić information content (AvgIpc) is 2.62. The summed E-state index contributed by atoms with van der Waals surface area (Å²) in [7, 11) is 3.60. The Bertz CT molecular complexity index is 967. The van der Waals surface area contributed by atoms with Crippen molar-refractivity contribution < 1.29 is 42.8 Å². The minimum atomic E-state index is -0.371. The molecule has 26 heavy (non-hydrogen) atoms. The van der Waals surface area contributed by atoms with Crippen molar-refractivity contribution in [3.63, 3.8) is 0 Å². The van der Waals surface area contributed by atoms with Crippen molar-refractivity contribution in [3.05, 3.63) is 65.9 Å². The normalized spacial score (nSPS) is 10.6. The van der Waals surface area contributed by atoms with Gasteiger partial charge >= 0.3 is 5.97 Å². The molecule has 3 aromatic rings. The molecule has 1 heterocycles. The molecule has 0 aliphatic rings. The number of para-hydroxylation sites is 1. The second-order valence-corrected chi connectivity index (χ2v) is 5.71. The van der Waals surface area contributed by atoms with Crippen molar-refractivity contribution in [1.29, 1.82) is 0 Å². The van der Waals surface area contributed by atoms with Crippen molar-refractivity contribution in [2.75, 3.05) is 7.11 Å². The molecule has 0 aliphatic carbocycles. The van der Waals surface area contributed by atoms with Crippen LogP contribution in [0.25, 0.3) is 23.1 Å². The van der Waals surface area contributed by atoms with Crippen LogP contribution < -0.4 is 38.0 Å². The van der Waals surface area contributed by atoms with E-state index in [2.05, 4.69) is 28.8 Å². The Morgan fingerprint density at radius 1 is 1.00 bits per heavy atom. The smallest absolute Gasteiger partial charge is 0.308 e. The van der Waals surface area contributed by atoms with Crippen LogP contribution in [0.4, 0.5) is 0 Å². The van der Waals surface area contributed by atoms with Gasteiger partial charge in [-0.05, 0) is 35.9 Å². The number of fused-ring (bicyclic) bond motifs is 1. The van der Waals surface area contributed by atoms with Crippen LogP contribution in [0.1, 0.15) is 18.2 Å². The highest BCUT2D eigenvalue weighted by molar-refractivity contribution is 5.77. The van der Waals surface area contributed by atoms with Crippen LogP contribution in [-0.4, -0.2) is 13.1 Å². The molecule has 0 amide bonds. The van der Waals surface area contributed by atoms with Gasteiger partial charge in [0.1, 0.15) is 7.05 Å². The van der Waals surface area contributed by atoms with E-state index >= 15 is 0 Å². The third-order valence-electron chi connectivity index (χ3n) is 4.01. The molecule has 0 unspecified atom stereocenters. The third kappa shape index (κ3) is 4.40. The van der Waals surface area contributed by atoms with Gasteiger partial charge in [-0.1, -0.05) is 18.2 Å². The van der Waals surface area contributed by atoms with Crippen molar-refractivity contribution >= 4 is 29.0 Å². The molecule has 0 N–H and O–H groups in total. The van der Waals surface area contributed by atoms with Gasteiger partial charge < -0.3 is 33.5 Å². The molecule has 3 rings (SSSR count). The fourth-order valence-electron chi connectivity index (χ4n) is 2.74. The maximum Gasteiger partial charge on any atom is 0.308 e. The van der Waals surface area contributed by atoms with Gasteiger partial charge in [0.15, 0.2) is 11.5 Å². The lowest BCUT2D eigenvalue weighted by Crippen LogP contribution is -3.00. The van der Waals surface area contributed by atoms with E-state index in [0.717, 1.165) is 11.3 Å². The molecule has 5 heteroatoms. The zero-order valence-electron chi connectivity index (χ0n) is 14.9. The maximum atomic E-state index is 11.1. The number of rotatable bonds is 4. The molecule has 4 nitrogen and oxygen atoms in total. The molecule has 0 radical (unpaired) electrons. The number of carbonyl (C=O) groups excluding carboxylic acids is 1. The predicted octanol–water partition coefficient (Wildman–Crippen LogP) is 0.773. The fourth-order valence-corrected chi connectivity index (χ4v) is 2.74. The molecule has 0 fully saturated rings. The topological polar surface area (TPSA) is 39.4 Å². The lowest BCUT2D eigenvalue weighted by Gasteiger charge is -2.08. The van der Waals surface area contributed by atoms with Crippen LogP contribution in [-0.2, 0) is 11.8 Å². The summed E-state index contributed by atoms with van der Waals surface area (Å²) < 4.78 is 12.6. The van der Waals surface area contributed by atoms with Gasteiger partial charge in [0.2, 0.25) is 11.2 Å². The first kappa shape index (κ1) is 19.9. The number of methoxy groups -OCH3 is 1. The molecule has 0 bridgehead atoms. The maximum absolute atomic E-state index is 11.1. The van der Waals surface area contributed by atoms with Crippen molar-refractivity contribution in [2.24, 2.45) is 7.05 Å². The second kappa shape index (κ2) is 8.80.